The third-order valence-electron chi connectivity index (χ3n) is 22.4. The lowest BCUT2D eigenvalue weighted by molar-refractivity contribution is -0.360. The number of aryl methyl sites for hydroxylation is 1. The third kappa shape index (κ3) is 27.8. The zero-order valence-electron chi connectivity index (χ0n) is 70.9. The molecule has 126 heavy (non-hydrogen) atoms. The summed E-state index contributed by atoms with van der Waals surface area (Å²) in [5.74, 6) is -12.1. The molecule has 0 unspecified atom stereocenters. The minimum atomic E-state index is -2.13. The molecule has 3 aliphatic heterocycles. The van der Waals surface area contributed by atoms with Crippen molar-refractivity contribution in [3.8, 4) is 0 Å². The molecule has 13 atom stereocenters. The van der Waals surface area contributed by atoms with Crippen LogP contribution < -0.4 is 42.1 Å². The topological polar surface area (TPSA) is 488 Å². The number of carboxylic acid groups (broad SMARTS) is 2. The van der Waals surface area contributed by atoms with Crippen LogP contribution in [-0.4, -0.2) is 319 Å². The molecule has 1 spiro atoms. The first kappa shape index (κ1) is 100. The van der Waals surface area contributed by atoms with Crippen molar-refractivity contribution in [2.45, 2.75) is 151 Å². The Morgan fingerprint density at radius 3 is 1.71 bits per heavy atom. The number of carboxylic acids is 2. The summed E-state index contributed by atoms with van der Waals surface area (Å²) in [6, 6.07) is 5.77. The van der Waals surface area contributed by atoms with Crippen LogP contribution in [0.25, 0.3) is 0 Å². The average Bonchev–Trinajstić information content (AvgIpc) is 1.30. The van der Waals surface area contributed by atoms with Gasteiger partial charge in [-0.05, 0) is 119 Å². The highest BCUT2D eigenvalue weighted by Crippen LogP contribution is 2.75. The molecular formula is C85H115F3N8O30. The van der Waals surface area contributed by atoms with Crippen molar-refractivity contribution < 1.29 is 157 Å². The van der Waals surface area contributed by atoms with E-state index in [9.17, 15) is 66.7 Å². The highest BCUT2D eigenvalue weighted by atomic mass is 19.1. The zero-order valence-corrected chi connectivity index (χ0v) is 70.9. The van der Waals surface area contributed by atoms with E-state index in [-0.39, 0.29) is 119 Å². The summed E-state index contributed by atoms with van der Waals surface area (Å²) < 4.78 is 134. The number of nitrogens with zero attached hydrogens (tertiary/aromatic N) is 1. The van der Waals surface area contributed by atoms with Crippen molar-refractivity contribution in [1.29, 1.82) is 0 Å². The molecule has 7 aliphatic rings. The van der Waals surface area contributed by atoms with E-state index in [0.29, 0.717) is 112 Å². The van der Waals surface area contributed by atoms with Crippen LogP contribution in [0.1, 0.15) is 113 Å². The molecule has 5 fully saturated rings. The molecule has 0 aromatic heterocycles. The van der Waals surface area contributed by atoms with Gasteiger partial charge in [0, 0.05) is 79.2 Å². The maximum absolute atomic E-state index is 17.9. The normalized spacial score (nSPS) is 23.6. The molecule has 9 N–H and O–H groups in total. The molecule has 2 aromatic rings. The molecular weight excluding hydrogens is 1670 g/mol. The standard InChI is InChI=1S/C85H115F3N8O30/c1-54(77(107)92-53-123-52-67(98)85-68(124-81(126-85)57-8-7-9-58(86)44-57)48-62-63-47-65(87)64-46-60(97)18-20-83(64)84(63,88)69(125-83)49-82(62,85)3)94-78(108)55(2)93-70(99)14-11-56-10-12-59(96-74(103)15-16-75(96)104)45-61(56)79(109)91-51-73(102)90-50-72(101)89-21-25-115-29-33-118-35-37-120-39-41-122-43-42-121-40-38-119-36-34-117-31-27-113-23-6-4-5-22-112-26-30-116-32-28-114-24-19-71(100)95-66(80(110)111)13-17-76(105)106/h7-10,12,15-16,18,20,44-46,54-55,62-63,65-66,68-69,81H,4-6,11,13-14,17,19,21-43,47-53H2,1-3H3,(H,89,101)(H,90,102)(H,91,109)(H,92,107)(H,93,99)(H,94,108)(H,95,100)(H,105,106)(H,110,111)/t54-,55-,62-,63-,65-,66-,68+,69-,81+,82-,83+,84-,85+/m0/s1. The summed E-state index contributed by atoms with van der Waals surface area (Å²) in [6.45, 7) is 10.3. The zero-order chi connectivity index (χ0) is 90.7. The van der Waals surface area contributed by atoms with Crippen LogP contribution in [0.4, 0.5) is 18.9 Å². The predicted molar refractivity (Wildman–Crippen MR) is 433 cm³/mol. The minimum Gasteiger partial charge on any atom is -0.481 e. The highest BCUT2D eigenvalue weighted by Gasteiger charge is 2.85. The number of hydrogen-bond acceptors (Lipinski definition) is 28. The van der Waals surface area contributed by atoms with Gasteiger partial charge in [-0.1, -0.05) is 25.1 Å². The van der Waals surface area contributed by atoms with Crippen LogP contribution in [-0.2, 0) is 135 Å². The minimum absolute atomic E-state index is 0.0158. The summed E-state index contributed by atoms with van der Waals surface area (Å²) in [7, 11) is 0. The Bertz CT molecular complexity index is 4150. The Labute approximate surface area is 726 Å². The van der Waals surface area contributed by atoms with Crippen molar-refractivity contribution in [2.24, 2.45) is 17.3 Å². The number of anilines is 1. The van der Waals surface area contributed by atoms with E-state index in [1.165, 1.54) is 62.4 Å². The lowest BCUT2D eigenvalue weighted by Gasteiger charge is -2.71. The first-order valence-corrected chi connectivity index (χ1v) is 42.2. The van der Waals surface area contributed by atoms with Crippen LogP contribution in [0.2, 0.25) is 0 Å². The van der Waals surface area contributed by atoms with Crippen molar-refractivity contribution in [1.82, 2.24) is 37.2 Å². The summed E-state index contributed by atoms with van der Waals surface area (Å²) in [5.41, 5.74) is -6.70. The first-order chi connectivity index (χ1) is 60.6. The summed E-state index contributed by atoms with van der Waals surface area (Å²) in [6.07, 6.45) is 1.81. The van der Waals surface area contributed by atoms with E-state index >= 15 is 8.78 Å². The first-order valence-electron chi connectivity index (χ1n) is 42.2. The fourth-order valence-electron chi connectivity index (χ4n) is 16.2. The highest BCUT2D eigenvalue weighted by molar-refractivity contribution is 6.28. The molecule has 4 aliphatic carbocycles. The average molecular weight is 1790 g/mol. The fraction of sp³-hybridized carbons (Fsp3) is 0.635. The number of imide groups is 1. The van der Waals surface area contributed by atoms with Gasteiger partial charge in [0.05, 0.1) is 163 Å². The molecule has 0 radical (unpaired) electrons. The number of aliphatic carboxylic acids is 2. The number of ketones is 2. The van der Waals surface area contributed by atoms with Crippen LogP contribution in [0.15, 0.2) is 78.4 Å². The molecule has 3 heterocycles. The number of allylic oxidation sites excluding steroid dienone is 2. The monoisotopic (exact) mass is 1780 g/mol. The number of amides is 9. The lowest BCUT2D eigenvalue weighted by atomic mass is 9.44. The Hall–Kier alpha value is -9.44. The fourth-order valence-corrected chi connectivity index (χ4v) is 16.2. The van der Waals surface area contributed by atoms with E-state index in [1.54, 1.807) is 13.0 Å². The number of Topliss-reactive ketones (excluding diaryl/α,β-unsaturated/α-hetero) is 1. The van der Waals surface area contributed by atoms with Crippen LogP contribution in [0, 0.1) is 23.1 Å². The maximum Gasteiger partial charge on any atom is 0.326 e. The number of ether oxygens (including phenoxy) is 15. The molecule has 9 rings (SSSR count). The van der Waals surface area contributed by atoms with Gasteiger partial charge in [-0.25, -0.2) is 22.9 Å². The number of alkyl halides is 2. The van der Waals surface area contributed by atoms with Gasteiger partial charge in [0.2, 0.25) is 35.4 Å². The number of carbonyl (C=O) groups excluding carboxylic acids is 11. The number of nitrogens with one attached hydrogen (secondary N) is 7. The summed E-state index contributed by atoms with van der Waals surface area (Å²) >= 11 is 0. The number of carbonyl (C=O) groups is 13. The Kier molecular flexibility index (Phi) is 40.1. The Balaban J connectivity index is 0.548. The van der Waals surface area contributed by atoms with Crippen molar-refractivity contribution in [3.05, 3.63) is 101 Å². The van der Waals surface area contributed by atoms with Gasteiger partial charge in [-0.15, -0.1) is 0 Å². The number of hydrogen-bond donors (Lipinski definition) is 9. The van der Waals surface area contributed by atoms with E-state index < -0.39 is 186 Å². The maximum atomic E-state index is 17.9. The second-order valence-corrected chi connectivity index (χ2v) is 31.0. The number of halogens is 3. The van der Waals surface area contributed by atoms with Gasteiger partial charge in [0.25, 0.3) is 17.7 Å². The molecule has 2 aromatic carbocycles. The van der Waals surface area contributed by atoms with Crippen molar-refractivity contribution >= 4 is 82.4 Å². The number of fused-ring (bicyclic) bond motifs is 4. The largest absolute Gasteiger partial charge is 0.481 e. The SMILES string of the molecule is C[C@H](NC(=O)CCc1ccc(N2C(=O)C=CC2=O)cc1C(=O)NCC(=O)NCC(=O)NCCOCCOCCOCCOCCOCCOCCOCCOCCCCCOCCOCCOCCC(=O)N[C@@H](CCC(=O)O)C(=O)O)C(=O)N[C@@H](C)C(=O)NCOCC(=O)[C@@]12O[C@H](c3cccc(F)c3)O[C@@H]1C[C@H]1[C@@H]3C[C@H](F)C4=CC(=O)C=C[C@@]45O[C@@H](C[C@@]12C)[C@@]35F. The molecule has 38 nitrogen and oxygen atoms in total. The van der Waals surface area contributed by atoms with Gasteiger partial charge in [-0.3, -0.25) is 57.5 Å². The van der Waals surface area contributed by atoms with Gasteiger partial charge in [0.1, 0.15) is 49.1 Å². The third-order valence-corrected chi connectivity index (χ3v) is 22.4. The van der Waals surface area contributed by atoms with Crippen molar-refractivity contribution in [3.63, 3.8) is 0 Å². The number of benzene rings is 2. The molecule has 9 amide bonds. The smallest absolute Gasteiger partial charge is 0.326 e. The lowest BCUT2D eigenvalue weighted by Crippen LogP contribution is -2.82. The number of rotatable bonds is 63. The predicted octanol–water partition coefficient (Wildman–Crippen LogP) is 1.55. The molecule has 696 valence electrons. The Morgan fingerprint density at radius 1 is 0.563 bits per heavy atom. The quantitative estimate of drug-likeness (QED) is 0.0258. The van der Waals surface area contributed by atoms with Gasteiger partial charge < -0.3 is 118 Å². The van der Waals surface area contributed by atoms with Crippen LogP contribution in [0.3, 0.4) is 0 Å². The van der Waals surface area contributed by atoms with E-state index in [1.807, 2.05) is 0 Å². The second kappa shape index (κ2) is 50.3. The van der Waals surface area contributed by atoms with Crippen LogP contribution >= 0.6 is 0 Å². The second-order valence-electron chi connectivity index (χ2n) is 31.0. The van der Waals surface area contributed by atoms with Gasteiger partial charge in [0.15, 0.2) is 29.1 Å². The van der Waals surface area contributed by atoms with Crippen molar-refractivity contribution in [2.75, 3.05) is 183 Å². The summed E-state index contributed by atoms with van der Waals surface area (Å²) in [5, 5.41) is 35.1. The van der Waals surface area contributed by atoms with E-state index in [4.69, 9.17) is 81.3 Å². The Morgan fingerprint density at radius 2 is 1.12 bits per heavy atom. The number of unbranched alkanes of at least 4 members (excludes halogenated alkanes) is 2. The van der Waals surface area contributed by atoms with E-state index in [2.05, 4.69) is 37.2 Å². The molecule has 3 saturated carbocycles. The van der Waals surface area contributed by atoms with Crippen LogP contribution in [0.5, 0.6) is 0 Å². The molecule has 0 bridgehead atoms. The van der Waals surface area contributed by atoms with Gasteiger partial charge >= 0.3 is 11.9 Å². The van der Waals surface area contributed by atoms with E-state index in [0.717, 1.165) is 42.4 Å². The summed E-state index contributed by atoms with van der Waals surface area (Å²) in [4.78, 5) is 166. The molecule has 2 saturated heterocycles. The molecule has 41 heteroatoms. The van der Waals surface area contributed by atoms with Gasteiger partial charge in [-0.2, -0.15) is 0 Å².